The van der Waals surface area contributed by atoms with Gasteiger partial charge in [0.2, 0.25) is 0 Å². The molecular weight excluding hydrogens is 236 g/mol. The molecule has 1 aromatic carbocycles. The lowest BCUT2D eigenvalue weighted by atomic mass is 10.0. The lowest BCUT2D eigenvalue weighted by molar-refractivity contribution is -0.116. The number of carbonyl (C=O) groups excluding carboxylic acids is 1. The van der Waals surface area contributed by atoms with Gasteiger partial charge in [0.15, 0.2) is 5.78 Å². The van der Waals surface area contributed by atoms with Gasteiger partial charge in [0.1, 0.15) is 6.04 Å². The first-order valence-corrected chi connectivity index (χ1v) is 6.35. The fourth-order valence-electron chi connectivity index (χ4n) is 3.07. The van der Waals surface area contributed by atoms with Crippen LogP contribution in [0.15, 0.2) is 60.9 Å². The van der Waals surface area contributed by atoms with Crippen molar-refractivity contribution in [2.75, 3.05) is 4.90 Å². The standard InChI is InChI=1S/C16H12N2O/c19-15-8-7-14-12-5-1-2-6-13(12)16(15)18(14)11-4-3-9-17-10-11/h1-10,14,16H/t14-,16-/m0/s1. The smallest absolute Gasteiger partial charge is 0.182 e. The van der Waals surface area contributed by atoms with E-state index in [9.17, 15) is 4.79 Å². The van der Waals surface area contributed by atoms with Crippen molar-refractivity contribution in [3.63, 3.8) is 0 Å². The third kappa shape index (κ3) is 1.38. The predicted molar refractivity (Wildman–Crippen MR) is 72.8 cm³/mol. The van der Waals surface area contributed by atoms with Crippen LogP contribution in [0, 0.1) is 0 Å². The van der Waals surface area contributed by atoms with Crippen molar-refractivity contribution >= 4 is 11.5 Å². The summed E-state index contributed by atoms with van der Waals surface area (Å²) < 4.78 is 0. The minimum atomic E-state index is -0.199. The average molecular weight is 248 g/mol. The van der Waals surface area contributed by atoms with Gasteiger partial charge >= 0.3 is 0 Å². The summed E-state index contributed by atoms with van der Waals surface area (Å²) >= 11 is 0. The molecule has 3 heterocycles. The van der Waals surface area contributed by atoms with Crippen LogP contribution in [0.25, 0.3) is 0 Å². The Bertz CT molecular complexity index is 678. The molecule has 0 saturated carbocycles. The van der Waals surface area contributed by atoms with Crippen molar-refractivity contribution in [2.45, 2.75) is 12.1 Å². The Labute approximate surface area is 111 Å². The Morgan fingerprint density at radius 3 is 2.68 bits per heavy atom. The van der Waals surface area contributed by atoms with Gasteiger partial charge in [-0.05, 0) is 29.3 Å². The lowest BCUT2D eigenvalue weighted by Crippen LogP contribution is -2.32. The number of benzene rings is 1. The Morgan fingerprint density at radius 1 is 1.05 bits per heavy atom. The van der Waals surface area contributed by atoms with E-state index in [1.807, 2.05) is 42.6 Å². The minimum absolute atomic E-state index is 0.142. The molecule has 0 N–H and O–H groups in total. The van der Waals surface area contributed by atoms with Gasteiger partial charge in [-0.15, -0.1) is 0 Å². The van der Waals surface area contributed by atoms with E-state index in [1.165, 1.54) is 5.56 Å². The minimum Gasteiger partial charge on any atom is -0.345 e. The SMILES string of the molecule is O=C1C=C[C@H]2c3ccccc3[C@@H]1N2c1cccnc1. The van der Waals surface area contributed by atoms with Gasteiger partial charge in [-0.25, -0.2) is 0 Å². The Morgan fingerprint density at radius 2 is 1.89 bits per heavy atom. The van der Waals surface area contributed by atoms with Crippen molar-refractivity contribution in [1.82, 2.24) is 4.98 Å². The molecule has 2 atom stereocenters. The Balaban J connectivity index is 1.93. The number of pyridine rings is 1. The monoisotopic (exact) mass is 248 g/mol. The zero-order valence-corrected chi connectivity index (χ0v) is 10.2. The molecule has 2 bridgehead atoms. The van der Waals surface area contributed by atoms with Crippen LogP contribution in [0.1, 0.15) is 23.2 Å². The summed E-state index contributed by atoms with van der Waals surface area (Å²) in [6.45, 7) is 0. The third-order valence-corrected chi connectivity index (χ3v) is 3.84. The highest BCUT2D eigenvalue weighted by molar-refractivity contribution is 6.01. The quantitative estimate of drug-likeness (QED) is 0.778. The van der Waals surface area contributed by atoms with E-state index < -0.39 is 0 Å². The van der Waals surface area contributed by atoms with E-state index in [4.69, 9.17) is 0 Å². The van der Waals surface area contributed by atoms with Crippen LogP contribution in [0.3, 0.4) is 0 Å². The molecule has 1 aromatic heterocycles. The molecule has 0 saturated heterocycles. The summed E-state index contributed by atoms with van der Waals surface area (Å²) in [5.41, 5.74) is 3.33. The summed E-state index contributed by atoms with van der Waals surface area (Å²) in [4.78, 5) is 18.6. The molecule has 0 unspecified atom stereocenters. The van der Waals surface area contributed by atoms with Gasteiger partial charge in [0.05, 0.1) is 17.9 Å². The molecule has 0 spiro atoms. The Hall–Kier alpha value is -2.42. The molecule has 2 aliphatic heterocycles. The van der Waals surface area contributed by atoms with E-state index in [0.29, 0.717) is 0 Å². The maximum absolute atomic E-state index is 12.2. The number of aromatic nitrogens is 1. The van der Waals surface area contributed by atoms with Gasteiger partial charge in [0, 0.05) is 6.20 Å². The number of nitrogens with zero attached hydrogens (tertiary/aromatic N) is 2. The first kappa shape index (κ1) is 10.5. The molecular formula is C16H12N2O. The average Bonchev–Trinajstić information content (AvgIpc) is 2.73. The van der Waals surface area contributed by atoms with Crippen LogP contribution in [0.2, 0.25) is 0 Å². The molecule has 92 valence electrons. The second-order valence-electron chi connectivity index (χ2n) is 4.86. The first-order valence-electron chi connectivity index (χ1n) is 6.35. The number of fused-ring (bicyclic) bond motifs is 5. The summed E-state index contributed by atoms with van der Waals surface area (Å²) in [6.07, 6.45) is 7.26. The second-order valence-corrected chi connectivity index (χ2v) is 4.86. The van der Waals surface area contributed by atoms with Crippen molar-refractivity contribution in [2.24, 2.45) is 0 Å². The van der Waals surface area contributed by atoms with Crippen LogP contribution < -0.4 is 4.90 Å². The number of hydrogen-bond donors (Lipinski definition) is 0. The van der Waals surface area contributed by atoms with Crippen molar-refractivity contribution in [3.8, 4) is 0 Å². The van der Waals surface area contributed by atoms with Crippen LogP contribution in [0.5, 0.6) is 0 Å². The highest BCUT2D eigenvalue weighted by atomic mass is 16.1. The largest absolute Gasteiger partial charge is 0.345 e. The van der Waals surface area contributed by atoms with Crippen LogP contribution in [-0.2, 0) is 4.79 Å². The summed E-state index contributed by atoms with van der Waals surface area (Å²) in [5, 5.41) is 0. The Kier molecular flexibility index (Phi) is 2.09. The highest BCUT2D eigenvalue weighted by Crippen LogP contribution is 2.48. The van der Waals surface area contributed by atoms with E-state index >= 15 is 0 Å². The normalized spacial score (nSPS) is 23.6. The van der Waals surface area contributed by atoms with E-state index in [-0.39, 0.29) is 17.9 Å². The zero-order valence-electron chi connectivity index (χ0n) is 10.2. The van der Waals surface area contributed by atoms with E-state index in [1.54, 1.807) is 12.3 Å². The molecule has 2 aliphatic rings. The van der Waals surface area contributed by atoms with Gasteiger partial charge in [0.25, 0.3) is 0 Å². The fraction of sp³-hybridized carbons (Fsp3) is 0.125. The molecule has 0 aliphatic carbocycles. The molecule has 0 amide bonds. The van der Waals surface area contributed by atoms with Crippen LogP contribution in [0.4, 0.5) is 5.69 Å². The van der Waals surface area contributed by atoms with Crippen molar-refractivity contribution < 1.29 is 4.79 Å². The molecule has 19 heavy (non-hydrogen) atoms. The van der Waals surface area contributed by atoms with Gasteiger partial charge in [-0.2, -0.15) is 0 Å². The summed E-state index contributed by atoms with van der Waals surface area (Å²) in [6, 6.07) is 12.0. The maximum Gasteiger partial charge on any atom is 0.182 e. The predicted octanol–water partition coefficient (Wildman–Crippen LogP) is 2.82. The number of carbonyl (C=O) groups is 1. The van der Waals surface area contributed by atoms with Crippen molar-refractivity contribution in [1.29, 1.82) is 0 Å². The molecule has 0 radical (unpaired) electrons. The number of ketones is 1. The lowest BCUT2D eigenvalue weighted by Gasteiger charge is -2.32. The van der Waals surface area contributed by atoms with Gasteiger partial charge in [-0.1, -0.05) is 30.3 Å². The summed E-state index contributed by atoms with van der Waals surface area (Å²) in [5.74, 6) is 0.144. The topological polar surface area (TPSA) is 33.2 Å². The third-order valence-electron chi connectivity index (χ3n) is 3.84. The van der Waals surface area contributed by atoms with E-state index in [0.717, 1.165) is 11.3 Å². The number of hydrogen-bond acceptors (Lipinski definition) is 3. The van der Waals surface area contributed by atoms with Gasteiger partial charge in [-0.3, -0.25) is 9.78 Å². The fourth-order valence-corrected chi connectivity index (χ4v) is 3.07. The summed E-state index contributed by atoms with van der Waals surface area (Å²) in [7, 11) is 0. The molecule has 4 rings (SSSR count). The first-order chi connectivity index (χ1) is 9.36. The molecule has 0 fully saturated rings. The molecule has 2 aromatic rings. The zero-order chi connectivity index (χ0) is 12.8. The van der Waals surface area contributed by atoms with Crippen molar-refractivity contribution in [3.05, 3.63) is 72.1 Å². The second kappa shape index (κ2) is 3.79. The number of anilines is 1. The molecule has 3 heteroatoms. The van der Waals surface area contributed by atoms with Crippen LogP contribution in [-0.4, -0.2) is 10.8 Å². The van der Waals surface area contributed by atoms with Gasteiger partial charge < -0.3 is 4.90 Å². The molecule has 3 nitrogen and oxygen atoms in total. The van der Waals surface area contributed by atoms with Crippen LogP contribution >= 0.6 is 0 Å². The van der Waals surface area contributed by atoms with E-state index in [2.05, 4.69) is 16.0 Å². The maximum atomic E-state index is 12.2. The highest BCUT2D eigenvalue weighted by Gasteiger charge is 2.42. The number of rotatable bonds is 1.